The molecule has 1 aromatic carbocycles. The van der Waals surface area contributed by atoms with Gasteiger partial charge in [-0.3, -0.25) is 4.98 Å². The molecule has 0 aliphatic rings. The lowest BCUT2D eigenvalue weighted by Crippen LogP contribution is -2.05. The minimum atomic E-state index is -0.788. The molecule has 1 aromatic heterocycles. The molecule has 0 saturated carbocycles. The van der Waals surface area contributed by atoms with Gasteiger partial charge in [-0.05, 0) is 18.2 Å². The maximum Gasteiger partial charge on any atom is 0.340 e. The fraction of sp³-hybridized carbons (Fsp3) is 0.0769. The maximum atomic E-state index is 13.5. The number of esters is 1. The zero-order chi connectivity index (χ0) is 14.0. The van der Waals surface area contributed by atoms with Gasteiger partial charge in [0, 0.05) is 5.56 Å². The van der Waals surface area contributed by atoms with E-state index in [1.165, 1.54) is 13.2 Å². The summed E-state index contributed by atoms with van der Waals surface area (Å²) in [5.74, 6) is -1.55. The average molecular weight is 300 g/mol. The number of aromatic nitrogens is 1. The number of hydrogen-bond donors (Lipinski definition) is 0. The molecular weight excluding hydrogens is 292 g/mol. The number of methoxy groups -OCH3 is 1. The van der Waals surface area contributed by atoms with Crippen LogP contribution in [0.4, 0.5) is 4.39 Å². The van der Waals surface area contributed by atoms with Gasteiger partial charge in [-0.1, -0.05) is 29.3 Å². The molecule has 0 amide bonds. The zero-order valence-corrected chi connectivity index (χ0v) is 11.3. The van der Waals surface area contributed by atoms with E-state index in [4.69, 9.17) is 23.2 Å². The monoisotopic (exact) mass is 299 g/mol. The number of rotatable bonds is 2. The third kappa shape index (κ3) is 2.69. The highest BCUT2D eigenvalue weighted by molar-refractivity contribution is 6.39. The number of halogens is 3. The fourth-order valence-electron chi connectivity index (χ4n) is 1.58. The van der Waals surface area contributed by atoms with Crippen LogP contribution < -0.4 is 0 Å². The topological polar surface area (TPSA) is 39.2 Å². The Morgan fingerprint density at radius 2 is 1.95 bits per heavy atom. The lowest BCUT2D eigenvalue weighted by Gasteiger charge is -2.08. The van der Waals surface area contributed by atoms with Crippen molar-refractivity contribution in [3.63, 3.8) is 0 Å². The van der Waals surface area contributed by atoms with E-state index in [2.05, 4.69) is 9.72 Å². The van der Waals surface area contributed by atoms with E-state index in [1.54, 1.807) is 18.2 Å². The third-order valence-corrected chi connectivity index (χ3v) is 3.11. The summed E-state index contributed by atoms with van der Waals surface area (Å²) in [5, 5.41) is 0.727. The second kappa shape index (κ2) is 5.55. The molecule has 0 bridgehead atoms. The molecule has 0 aliphatic carbocycles. The van der Waals surface area contributed by atoms with Crippen LogP contribution in [0.25, 0.3) is 11.3 Å². The molecule has 0 radical (unpaired) electrons. The van der Waals surface area contributed by atoms with Crippen LogP contribution in [0.2, 0.25) is 10.0 Å². The number of nitrogens with zero attached hydrogens (tertiary/aromatic N) is 1. The molecule has 3 nitrogen and oxygen atoms in total. The van der Waals surface area contributed by atoms with Gasteiger partial charge in [-0.15, -0.1) is 0 Å². The molecule has 0 saturated heterocycles. The van der Waals surface area contributed by atoms with Crippen molar-refractivity contribution < 1.29 is 13.9 Å². The molecule has 0 fully saturated rings. The highest BCUT2D eigenvalue weighted by Crippen LogP contribution is 2.33. The highest BCUT2D eigenvalue weighted by atomic mass is 35.5. The van der Waals surface area contributed by atoms with E-state index in [0.29, 0.717) is 21.3 Å². The summed E-state index contributed by atoms with van der Waals surface area (Å²) >= 11 is 12.1. The minimum Gasteiger partial charge on any atom is -0.465 e. The van der Waals surface area contributed by atoms with Crippen LogP contribution in [0.15, 0.2) is 30.5 Å². The Labute approximate surface area is 118 Å². The number of pyridine rings is 1. The molecule has 0 N–H and O–H groups in total. The standard InChI is InChI=1S/C13H8Cl2FNO2/c1-19-13(18)7-5-11(17-6-10(7)16)12-8(14)3-2-4-9(12)15/h2-6H,1H3. The van der Waals surface area contributed by atoms with Crippen molar-refractivity contribution >= 4 is 29.2 Å². The van der Waals surface area contributed by atoms with Crippen LogP contribution >= 0.6 is 23.2 Å². The van der Waals surface area contributed by atoms with Crippen molar-refractivity contribution in [3.05, 3.63) is 51.9 Å². The van der Waals surface area contributed by atoms with Gasteiger partial charge < -0.3 is 4.74 Å². The van der Waals surface area contributed by atoms with Crippen LogP contribution in [-0.2, 0) is 4.74 Å². The van der Waals surface area contributed by atoms with Gasteiger partial charge >= 0.3 is 5.97 Å². The highest BCUT2D eigenvalue weighted by Gasteiger charge is 2.17. The molecule has 0 unspecified atom stereocenters. The molecule has 19 heavy (non-hydrogen) atoms. The van der Waals surface area contributed by atoms with Crippen molar-refractivity contribution in [3.8, 4) is 11.3 Å². The Kier molecular flexibility index (Phi) is 4.02. The van der Waals surface area contributed by atoms with E-state index in [-0.39, 0.29) is 5.56 Å². The second-order valence-electron chi connectivity index (χ2n) is 3.64. The summed E-state index contributed by atoms with van der Waals surface area (Å²) in [4.78, 5) is 15.3. The number of hydrogen-bond acceptors (Lipinski definition) is 3. The van der Waals surface area contributed by atoms with E-state index in [9.17, 15) is 9.18 Å². The Bertz CT molecular complexity index is 626. The average Bonchev–Trinajstić information content (AvgIpc) is 2.39. The first-order valence-corrected chi connectivity index (χ1v) is 5.98. The van der Waals surface area contributed by atoms with E-state index in [1.807, 2.05) is 0 Å². The number of carbonyl (C=O) groups excluding carboxylic acids is 1. The molecular formula is C13H8Cl2FNO2. The molecule has 6 heteroatoms. The fourth-order valence-corrected chi connectivity index (χ4v) is 2.18. The third-order valence-electron chi connectivity index (χ3n) is 2.48. The Morgan fingerprint density at radius 1 is 1.32 bits per heavy atom. The van der Waals surface area contributed by atoms with Gasteiger partial charge in [0.15, 0.2) is 5.82 Å². The number of benzene rings is 1. The van der Waals surface area contributed by atoms with Crippen LogP contribution in [0.1, 0.15) is 10.4 Å². The molecule has 0 spiro atoms. The lowest BCUT2D eigenvalue weighted by molar-refractivity contribution is 0.0595. The predicted octanol–water partition coefficient (Wildman–Crippen LogP) is 3.98. The van der Waals surface area contributed by atoms with Crippen LogP contribution in [0.5, 0.6) is 0 Å². The van der Waals surface area contributed by atoms with Gasteiger partial charge in [-0.25, -0.2) is 9.18 Å². The Morgan fingerprint density at radius 3 is 2.53 bits per heavy atom. The SMILES string of the molecule is COC(=O)c1cc(-c2c(Cl)cccc2Cl)ncc1F. The van der Waals surface area contributed by atoms with Crippen molar-refractivity contribution in [2.45, 2.75) is 0 Å². The first kappa shape index (κ1) is 13.8. The summed E-state index contributed by atoms with van der Waals surface area (Å²) in [6.45, 7) is 0. The van der Waals surface area contributed by atoms with Gasteiger partial charge in [0.25, 0.3) is 0 Å². The van der Waals surface area contributed by atoms with Crippen molar-refractivity contribution in [1.82, 2.24) is 4.98 Å². The smallest absolute Gasteiger partial charge is 0.340 e. The molecule has 98 valence electrons. The lowest BCUT2D eigenvalue weighted by atomic mass is 10.1. The maximum absolute atomic E-state index is 13.5. The largest absolute Gasteiger partial charge is 0.465 e. The van der Waals surface area contributed by atoms with Crippen molar-refractivity contribution in [2.24, 2.45) is 0 Å². The number of ether oxygens (including phenoxy) is 1. The quantitative estimate of drug-likeness (QED) is 0.787. The zero-order valence-electron chi connectivity index (χ0n) is 9.78. The molecule has 2 rings (SSSR count). The second-order valence-corrected chi connectivity index (χ2v) is 4.45. The van der Waals surface area contributed by atoms with Crippen LogP contribution in [0, 0.1) is 5.82 Å². The molecule has 0 aliphatic heterocycles. The van der Waals surface area contributed by atoms with Gasteiger partial charge in [-0.2, -0.15) is 0 Å². The number of carbonyl (C=O) groups is 1. The summed E-state index contributed by atoms with van der Waals surface area (Å²) in [5.41, 5.74) is 0.525. The van der Waals surface area contributed by atoms with Gasteiger partial charge in [0.05, 0.1) is 34.6 Å². The van der Waals surface area contributed by atoms with E-state index >= 15 is 0 Å². The first-order valence-electron chi connectivity index (χ1n) is 5.23. The molecule has 2 aromatic rings. The molecule has 1 heterocycles. The summed E-state index contributed by atoms with van der Waals surface area (Å²) in [6.07, 6.45) is 0.932. The minimum absolute atomic E-state index is 0.219. The van der Waals surface area contributed by atoms with Crippen molar-refractivity contribution in [1.29, 1.82) is 0 Å². The van der Waals surface area contributed by atoms with Gasteiger partial charge in [0.2, 0.25) is 0 Å². The summed E-state index contributed by atoms with van der Waals surface area (Å²) < 4.78 is 18.0. The Balaban J connectivity index is 2.61. The molecule has 0 atom stereocenters. The van der Waals surface area contributed by atoms with Crippen LogP contribution in [0.3, 0.4) is 0 Å². The van der Waals surface area contributed by atoms with Crippen molar-refractivity contribution in [2.75, 3.05) is 7.11 Å². The van der Waals surface area contributed by atoms with E-state index in [0.717, 1.165) is 6.20 Å². The Hall–Kier alpha value is -1.65. The first-order chi connectivity index (χ1) is 9.04. The predicted molar refractivity (Wildman–Crippen MR) is 71.0 cm³/mol. The summed E-state index contributed by atoms with van der Waals surface area (Å²) in [7, 11) is 1.17. The van der Waals surface area contributed by atoms with Crippen LogP contribution in [-0.4, -0.2) is 18.1 Å². The normalized spacial score (nSPS) is 10.3. The summed E-state index contributed by atoms with van der Waals surface area (Å²) in [6, 6.07) is 6.20. The van der Waals surface area contributed by atoms with Gasteiger partial charge in [0.1, 0.15) is 0 Å². The van der Waals surface area contributed by atoms with E-state index < -0.39 is 11.8 Å².